The maximum absolute atomic E-state index is 12.9. The number of carbonyl (C=O) groups excluding carboxylic acids is 1. The predicted molar refractivity (Wildman–Crippen MR) is 103 cm³/mol. The van der Waals surface area contributed by atoms with Crippen molar-refractivity contribution in [1.29, 1.82) is 0 Å². The average molecular weight is 418 g/mol. The van der Waals surface area contributed by atoms with E-state index in [9.17, 15) is 4.79 Å². The molecule has 1 aliphatic heterocycles. The van der Waals surface area contributed by atoms with Gasteiger partial charge in [-0.25, -0.2) is 0 Å². The third-order valence-corrected chi connectivity index (χ3v) is 5.05. The Hall–Kier alpha value is -1.69. The molecule has 3 nitrogen and oxygen atoms in total. The van der Waals surface area contributed by atoms with Crippen LogP contribution in [0.1, 0.15) is 48.5 Å². The van der Waals surface area contributed by atoms with Crippen LogP contribution in [0.25, 0.3) is 5.70 Å². The van der Waals surface area contributed by atoms with E-state index in [1.54, 1.807) is 6.20 Å². The SMILES string of the molecule is CCCCC/C(I)=C1\c2cnccc2C(=O)N1c1ccccc1. The fourth-order valence-corrected chi connectivity index (χ4v) is 3.76. The number of pyridine rings is 1. The van der Waals surface area contributed by atoms with E-state index >= 15 is 0 Å². The first-order chi connectivity index (χ1) is 11.2. The molecule has 1 amide bonds. The fraction of sp³-hybridized carbons (Fsp3) is 0.263. The highest BCUT2D eigenvalue weighted by molar-refractivity contribution is 14.1. The van der Waals surface area contributed by atoms with Gasteiger partial charge in [0.2, 0.25) is 0 Å². The largest absolute Gasteiger partial charge is 0.276 e. The highest BCUT2D eigenvalue weighted by atomic mass is 127. The maximum atomic E-state index is 12.9. The van der Waals surface area contributed by atoms with Gasteiger partial charge in [-0.15, -0.1) is 0 Å². The molecule has 4 heteroatoms. The van der Waals surface area contributed by atoms with E-state index in [1.165, 1.54) is 16.4 Å². The number of halogens is 1. The Balaban J connectivity index is 2.07. The van der Waals surface area contributed by atoms with Gasteiger partial charge in [0.15, 0.2) is 0 Å². The van der Waals surface area contributed by atoms with Crippen molar-refractivity contribution in [3.63, 3.8) is 0 Å². The standard InChI is InChI=1S/C19H19IN2O/c1-2-3-5-10-17(20)18-16-13-21-12-11-15(16)19(23)22(18)14-8-6-4-7-9-14/h4,6-9,11-13H,2-3,5,10H2,1H3/b18-17-. The van der Waals surface area contributed by atoms with E-state index < -0.39 is 0 Å². The molecule has 3 rings (SSSR count). The lowest BCUT2D eigenvalue weighted by atomic mass is 10.1. The second-order valence-corrected chi connectivity index (χ2v) is 6.91. The van der Waals surface area contributed by atoms with Gasteiger partial charge in [-0.2, -0.15) is 0 Å². The highest BCUT2D eigenvalue weighted by Crippen LogP contribution is 2.40. The summed E-state index contributed by atoms with van der Waals surface area (Å²) in [5.41, 5.74) is 3.60. The van der Waals surface area contributed by atoms with Crippen LogP contribution in [0.4, 0.5) is 5.69 Å². The van der Waals surface area contributed by atoms with Crippen molar-refractivity contribution in [3.8, 4) is 0 Å². The topological polar surface area (TPSA) is 33.2 Å². The van der Waals surface area contributed by atoms with Gasteiger partial charge in [-0.1, -0.05) is 38.0 Å². The molecule has 0 N–H and O–H groups in total. The molecule has 0 bridgehead atoms. The lowest BCUT2D eigenvalue weighted by molar-refractivity contribution is 0.101. The minimum absolute atomic E-state index is 0.0354. The molecular weight excluding hydrogens is 399 g/mol. The molecule has 0 unspecified atom stereocenters. The van der Waals surface area contributed by atoms with Crippen molar-refractivity contribution in [1.82, 2.24) is 4.98 Å². The number of amides is 1. The van der Waals surface area contributed by atoms with Crippen LogP contribution in [0.15, 0.2) is 52.4 Å². The number of rotatable bonds is 5. The molecule has 118 valence electrons. The van der Waals surface area contributed by atoms with E-state index in [4.69, 9.17) is 0 Å². The smallest absolute Gasteiger partial charge is 0.263 e. The second kappa shape index (κ2) is 7.25. The summed E-state index contributed by atoms with van der Waals surface area (Å²) in [6, 6.07) is 11.7. The van der Waals surface area contributed by atoms with Crippen molar-refractivity contribution < 1.29 is 4.79 Å². The summed E-state index contributed by atoms with van der Waals surface area (Å²) in [6.45, 7) is 2.20. The zero-order valence-electron chi connectivity index (χ0n) is 13.1. The van der Waals surface area contributed by atoms with E-state index in [2.05, 4.69) is 34.5 Å². The minimum Gasteiger partial charge on any atom is -0.276 e. The van der Waals surface area contributed by atoms with Crippen LogP contribution in [-0.2, 0) is 0 Å². The molecule has 2 heterocycles. The Morgan fingerprint density at radius 3 is 2.65 bits per heavy atom. The van der Waals surface area contributed by atoms with Crippen LogP contribution >= 0.6 is 22.6 Å². The molecular formula is C19H19IN2O. The normalized spacial score (nSPS) is 15.7. The third-order valence-electron chi connectivity index (χ3n) is 4.00. The van der Waals surface area contributed by atoms with Crippen LogP contribution in [0.3, 0.4) is 0 Å². The predicted octanol–water partition coefficient (Wildman–Crippen LogP) is 5.43. The van der Waals surface area contributed by atoms with Crippen LogP contribution in [0, 0.1) is 0 Å². The van der Waals surface area contributed by atoms with Gasteiger partial charge in [0, 0.05) is 27.2 Å². The number of para-hydroxylation sites is 1. The molecule has 0 fully saturated rings. The molecule has 0 radical (unpaired) electrons. The summed E-state index contributed by atoms with van der Waals surface area (Å²) in [4.78, 5) is 19.0. The summed E-state index contributed by atoms with van der Waals surface area (Å²) >= 11 is 2.39. The van der Waals surface area contributed by atoms with Gasteiger partial charge < -0.3 is 0 Å². The zero-order valence-corrected chi connectivity index (χ0v) is 15.3. The van der Waals surface area contributed by atoms with Gasteiger partial charge in [-0.3, -0.25) is 14.7 Å². The molecule has 2 aromatic rings. The number of hydrogen-bond acceptors (Lipinski definition) is 2. The second-order valence-electron chi connectivity index (χ2n) is 5.61. The number of allylic oxidation sites excluding steroid dienone is 1. The molecule has 0 spiro atoms. The average Bonchev–Trinajstić information content (AvgIpc) is 2.89. The van der Waals surface area contributed by atoms with Crippen molar-refractivity contribution >= 4 is 39.9 Å². The third kappa shape index (κ3) is 3.17. The fourth-order valence-electron chi connectivity index (χ4n) is 2.85. The van der Waals surface area contributed by atoms with E-state index in [0.717, 1.165) is 35.4 Å². The maximum Gasteiger partial charge on any atom is 0.263 e. The Morgan fingerprint density at radius 2 is 1.91 bits per heavy atom. The van der Waals surface area contributed by atoms with Crippen molar-refractivity contribution in [2.75, 3.05) is 4.90 Å². The number of benzene rings is 1. The van der Waals surface area contributed by atoms with Crippen molar-refractivity contribution in [3.05, 3.63) is 63.5 Å². The highest BCUT2D eigenvalue weighted by Gasteiger charge is 2.34. The minimum atomic E-state index is 0.0354. The lowest BCUT2D eigenvalue weighted by Crippen LogP contribution is -2.22. The number of fused-ring (bicyclic) bond motifs is 1. The molecule has 1 aromatic heterocycles. The summed E-state index contributed by atoms with van der Waals surface area (Å²) in [5, 5.41) is 0. The first kappa shape index (κ1) is 16.2. The number of aromatic nitrogens is 1. The summed E-state index contributed by atoms with van der Waals surface area (Å²) in [7, 11) is 0. The Labute approximate surface area is 150 Å². The van der Waals surface area contributed by atoms with Crippen LogP contribution in [0.2, 0.25) is 0 Å². The van der Waals surface area contributed by atoms with Crippen molar-refractivity contribution in [2.45, 2.75) is 32.6 Å². The van der Waals surface area contributed by atoms with Crippen LogP contribution in [0.5, 0.6) is 0 Å². The number of carbonyl (C=O) groups is 1. The lowest BCUT2D eigenvalue weighted by Gasteiger charge is -2.20. The molecule has 23 heavy (non-hydrogen) atoms. The Morgan fingerprint density at radius 1 is 1.13 bits per heavy atom. The van der Waals surface area contributed by atoms with Crippen LogP contribution < -0.4 is 4.90 Å². The summed E-state index contributed by atoms with van der Waals surface area (Å²) in [6.07, 6.45) is 8.04. The quantitative estimate of drug-likeness (QED) is 0.480. The van der Waals surface area contributed by atoms with E-state index in [1.807, 2.05) is 47.5 Å². The molecule has 0 saturated carbocycles. The summed E-state index contributed by atoms with van der Waals surface area (Å²) < 4.78 is 1.22. The van der Waals surface area contributed by atoms with Crippen molar-refractivity contribution in [2.24, 2.45) is 0 Å². The molecule has 0 saturated heterocycles. The molecule has 1 aliphatic rings. The number of anilines is 1. The first-order valence-corrected chi connectivity index (χ1v) is 9.04. The van der Waals surface area contributed by atoms with Crippen LogP contribution in [-0.4, -0.2) is 10.9 Å². The zero-order chi connectivity index (χ0) is 16.2. The number of hydrogen-bond donors (Lipinski definition) is 0. The first-order valence-electron chi connectivity index (χ1n) is 7.96. The number of nitrogens with zero attached hydrogens (tertiary/aromatic N) is 2. The molecule has 0 aliphatic carbocycles. The monoisotopic (exact) mass is 418 g/mol. The Kier molecular flexibility index (Phi) is 5.10. The van der Waals surface area contributed by atoms with Gasteiger partial charge in [0.25, 0.3) is 5.91 Å². The number of unbranched alkanes of at least 4 members (excludes halogenated alkanes) is 2. The molecule has 0 atom stereocenters. The van der Waals surface area contributed by atoms with E-state index in [0.29, 0.717) is 0 Å². The van der Waals surface area contributed by atoms with Gasteiger partial charge in [-0.05, 0) is 53.6 Å². The van der Waals surface area contributed by atoms with E-state index in [-0.39, 0.29) is 5.91 Å². The van der Waals surface area contributed by atoms with Gasteiger partial charge >= 0.3 is 0 Å². The summed E-state index contributed by atoms with van der Waals surface area (Å²) in [5.74, 6) is 0.0354. The van der Waals surface area contributed by atoms with Gasteiger partial charge in [0.05, 0.1) is 11.3 Å². The molecule has 1 aromatic carbocycles. The Bertz CT molecular complexity index is 740. The van der Waals surface area contributed by atoms with Gasteiger partial charge in [0.1, 0.15) is 0 Å².